The Kier molecular flexibility index (Phi) is 4.58. The molecule has 0 saturated heterocycles. The van der Waals surface area contributed by atoms with Gasteiger partial charge in [-0.2, -0.15) is 13.2 Å². The molecule has 0 bridgehead atoms. The van der Waals surface area contributed by atoms with E-state index >= 15 is 0 Å². The largest absolute Gasteiger partial charge is 0.393 e. The molecule has 1 aromatic carbocycles. The van der Waals surface area contributed by atoms with Gasteiger partial charge in [-0.05, 0) is 18.9 Å². The van der Waals surface area contributed by atoms with Crippen molar-refractivity contribution in [2.24, 2.45) is 0 Å². The first-order valence-electron chi connectivity index (χ1n) is 8.32. The van der Waals surface area contributed by atoms with Crippen molar-refractivity contribution in [3.05, 3.63) is 41.3 Å². The van der Waals surface area contributed by atoms with Crippen molar-refractivity contribution in [3.63, 3.8) is 0 Å². The Morgan fingerprint density at radius 3 is 2.48 bits per heavy atom. The van der Waals surface area contributed by atoms with Crippen molar-refractivity contribution in [1.82, 2.24) is 14.5 Å². The van der Waals surface area contributed by atoms with E-state index in [9.17, 15) is 18.0 Å². The maximum Gasteiger partial charge on any atom is 0.393 e. The number of hydrogen-bond donors (Lipinski definition) is 0. The molecule has 2 heterocycles. The number of aryl methyl sites for hydroxylation is 1. The highest BCUT2D eigenvalue weighted by molar-refractivity contribution is 5.94. The number of halogens is 3. The second-order valence-electron chi connectivity index (χ2n) is 6.35. The molecule has 0 unspecified atom stereocenters. The lowest BCUT2D eigenvalue weighted by atomic mass is 10.1. The highest BCUT2D eigenvalue weighted by Crippen LogP contribution is 2.30. The molecule has 2 aromatic rings. The number of imidazole rings is 1. The van der Waals surface area contributed by atoms with Gasteiger partial charge in [-0.25, -0.2) is 4.98 Å². The molecule has 134 valence electrons. The van der Waals surface area contributed by atoms with E-state index in [0.717, 1.165) is 24.1 Å². The van der Waals surface area contributed by atoms with Crippen LogP contribution in [0.15, 0.2) is 24.3 Å². The van der Waals surface area contributed by atoms with Crippen LogP contribution in [0, 0.1) is 6.92 Å². The minimum atomic E-state index is -4.22. The summed E-state index contributed by atoms with van der Waals surface area (Å²) in [5.74, 6) is 0.319. The topological polar surface area (TPSA) is 38.1 Å². The Labute approximate surface area is 144 Å². The molecule has 4 nitrogen and oxygen atoms in total. The Bertz CT molecular complexity index is 778. The minimum absolute atomic E-state index is 0.0866. The number of benzene rings is 1. The van der Waals surface area contributed by atoms with Crippen LogP contribution in [0.3, 0.4) is 0 Å². The molecule has 1 aliphatic rings. The van der Waals surface area contributed by atoms with Crippen LogP contribution < -0.4 is 0 Å². The van der Waals surface area contributed by atoms with Gasteiger partial charge in [0, 0.05) is 12.1 Å². The van der Waals surface area contributed by atoms with Crippen molar-refractivity contribution < 1.29 is 18.0 Å². The fourth-order valence-corrected chi connectivity index (χ4v) is 3.15. The molecule has 1 aromatic heterocycles. The number of carbonyl (C=O) groups excluding carboxylic acids is 1. The van der Waals surface area contributed by atoms with Crippen LogP contribution in [0.1, 0.15) is 41.6 Å². The molecule has 0 radical (unpaired) electrons. The normalized spacial score (nSPS) is 14.3. The average molecular weight is 351 g/mol. The predicted molar refractivity (Wildman–Crippen MR) is 88.1 cm³/mol. The monoisotopic (exact) mass is 351 g/mol. The first-order chi connectivity index (χ1) is 11.8. The van der Waals surface area contributed by atoms with E-state index in [1.807, 2.05) is 11.5 Å². The maximum absolute atomic E-state index is 12.5. The zero-order valence-electron chi connectivity index (χ0n) is 14.2. The van der Waals surface area contributed by atoms with E-state index in [1.165, 1.54) is 12.1 Å². The summed E-state index contributed by atoms with van der Waals surface area (Å²) in [6.45, 7) is 5.00. The van der Waals surface area contributed by atoms with Gasteiger partial charge in [-0.15, -0.1) is 0 Å². The van der Waals surface area contributed by atoms with Gasteiger partial charge in [-0.1, -0.05) is 37.6 Å². The highest BCUT2D eigenvalue weighted by Gasteiger charge is 2.32. The standard InChI is InChI=1S/C18H20F3N3O/c1-3-4-9-23-11-24-15(12(2)22-16(24)17(23)25)14-7-5-13(6-8-14)10-18(19,20)21/h5-8H,3-4,9-11H2,1-2H3. The number of alkyl halides is 3. The van der Waals surface area contributed by atoms with Crippen molar-refractivity contribution in [2.45, 2.75) is 46.0 Å². The summed E-state index contributed by atoms with van der Waals surface area (Å²) in [5.41, 5.74) is 2.49. The van der Waals surface area contributed by atoms with Crippen LogP contribution in [0.2, 0.25) is 0 Å². The molecular formula is C18H20F3N3O. The molecular weight excluding hydrogens is 331 g/mol. The van der Waals surface area contributed by atoms with E-state index < -0.39 is 12.6 Å². The van der Waals surface area contributed by atoms with Crippen molar-refractivity contribution in [1.29, 1.82) is 0 Å². The summed E-state index contributed by atoms with van der Waals surface area (Å²) >= 11 is 0. The summed E-state index contributed by atoms with van der Waals surface area (Å²) in [7, 11) is 0. The van der Waals surface area contributed by atoms with E-state index in [4.69, 9.17) is 0 Å². The first-order valence-corrected chi connectivity index (χ1v) is 8.32. The van der Waals surface area contributed by atoms with Crippen LogP contribution in [0.25, 0.3) is 11.3 Å². The molecule has 0 aliphatic carbocycles. The van der Waals surface area contributed by atoms with Gasteiger partial charge in [0.1, 0.15) is 0 Å². The smallest absolute Gasteiger partial charge is 0.318 e. The number of carbonyl (C=O) groups is 1. The quantitative estimate of drug-likeness (QED) is 0.811. The molecule has 3 rings (SSSR count). The number of aromatic nitrogens is 2. The third-order valence-electron chi connectivity index (χ3n) is 4.35. The average Bonchev–Trinajstić information content (AvgIpc) is 3.00. The van der Waals surface area contributed by atoms with E-state index in [0.29, 0.717) is 24.7 Å². The SMILES string of the molecule is CCCCN1Cn2c(nc(C)c2-c2ccc(CC(F)(F)F)cc2)C1=O. The Morgan fingerprint density at radius 1 is 1.20 bits per heavy atom. The van der Waals surface area contributed by atoms with Crippen molar-refractivity contribution >= 4 is 5.91 Å². The van der Waals surface area contributed by atoms with Crippen LogP contribution in [-0.4, -0.2) is 33.1 Å². The molecule has 25 heavy (non-hydrogen) atoms. The number of hydrogen-bond acceptors (Lipinski definition) is 2. The number of fused-ring (bicyclic) bond motifs is 1. The van der Waals surface area contributed by atoms with Crippen molar-refractivity contribution in [3.8, 4) is 11.3 Å². The lowest BCUT2D eigenvalue weighted by Crippen LogP contribution is -2.26. The van der Waals surface area contributed by atoms with Gasteiger partial charge in [0.2, 0.25) is 5.82 Å². The first kappa shape index (κ1) is 17.5. The van der Waals surface area contributed by atoms with Crippen molar-refractivity contribution in [2.75, 3.05) is 6.54 Å². The summed E-state index contributed by atoms with van der Waals surface area (Å²) in [5, 5.41) is 0. The number of nitrogens with zero attached hydrogens (tertiary/aromatic N) is 3. The van der Waals surface area contributed by atoms with Gasteiger partial charge in [-0.3, -0.25) is 4.79 Å². The molecule has 1 aliphatic heterocycles. The number of amides is 1. The molecule has 0 spiro atoms. The molecule has 1 amide bonds. The molecule has 0 atom stereocenters. The zero-order valence-corrected chi connectivity index (χ0v) is 14.2. The molecule has 0 fully saturated rings. The van der Waals surface area contributed by atoms with Gasteiger partial charge < -0.3 is 9.47 Å². The lowest BCUT2D eigenvalue weighted by Gasteiger charge is -2.16. The second-order valence-corrected chi connectivity index (χ2v) is 6.35. The van der Waals surface area contributed by atoms with E-state index in [1.54, 1.807) is 17.0 Å². The van der Waals surface area contributed by atoms with Gasteiger partial charge in [0.25, 0.3) is 5.91 Å². The van der Waals surface area contributed by atoms with Gasteiger partial charge in [0.15, 0.2) is 0 Å². The molecule has 7 heteroatoms. The summed E-state index contributed by atoms with van der Waals surface area (Å²) in [6, 6.07) is 6.29. The third kappa shape index (κ3) is 3.55. The fourth-order valence-electron chi connectivity index (χ4n) is 3.15. The summed E-state index contributed by atoms with van der Waals surface area (Å²) in [4.78, 5) is 18.6. The minimum Gasteiger partial charge on any atom is -0.318 e. The van der Waals surface area contributed by atoms with Gasteiger partial charge >= 0.3 is 6.18 Å². The molecule has 0 N–H and O–H groups in total. The number of rotatable bonds is 5. The maximum atomic E-state index is 12.5. The Balaban J connectivity index is 1.88. The van der Waals surface area contributed by atoms with Gasteiger partial charge in [0.05, 0.1) is 24.5 Å². The Morgan fingerprint density at radius 2 is 1.88 bits per heavy atom. The Hall–Kier alpha value is -2.31. The van der Waals surface area contributed by atoms with E-state index in [-0.39, 0.29) is 11.5 Å². The molecule has 0 saturated carbocycles. The van der Waals surface area contributed by atoms with Crippen LogP contribution in [0.4, 0.5) is 13.2 Å². The van der Waals surface area contributed by atoms with Crippen LogP contribution in [0.5, 0.6) is 0 Å². The lowest BCUT2D eigenvalue weighted by molar-refractivity contribution is -0.127. The van der Waals surface area contributed by atoms with Crippen LogP contribution >= 0.6 is 0 Å². The summed E-state index contributed by atoms with van der Waals surface area (Å²) in [6.07, 6.45) is -3.24. The third-order valence-corrected chi connectivity index (χ3v) is 4.35. The summed E-state index contributed by atoms with van der Waals surface area (Å²) < 4.78 is 39.3. The predicted octanol–water partition coefficient (Wildman–Crippen LogP) is 4.18. The second kappa shape index (κ2) is 6.54. The van der Waals surface area contributed by atoms with Crippen LogP contribution in [-0.2, 0) is 13.1 Å². The van der Waals surface area contributed by atoms with E-state index in [2.05, 4.69) is 11.9 Å². The fraction of sp³-hybridized carbons (Fsp3) is 0.444. The highest BCUT2D eigenvalue weighted by atomic mass is 19.4. The number of unbranched alkanes of at least 4 members (excludes halogenated alkanes) is 1. The zero-order chi connectivity index (χ0) is 18.2.